The molecule has 4 atom stereocenters. The zero-order chi connectivity index (χ0) is 20.0. The van der Waals surface area contributed by atoms with E-state index < -0.39 is 60.2 Å². The highest BCUT2D eigenvalue weighted by atomic mass is 16.4. The number of likely N-dealkylation sites (tertiary alicyclic amines) is 1. The molecule has 1 fully saturated rings. The summed E-state index contributed by atoms with van der Waals surface area (Å²) in [5.41, 5.74) is 5.56. The van der Waals surface area contributed by atoms with Crippen LogP contribution in [-0.4, -0.2) is 75.5 Å². The van der Waals surface area contributed by atoms with Gasteiger partial charge in [0.25, 0.3) is 0 Å². The van der Waals surface area contributed by atoms with Crippen molar-refractivity contribution in [2.75, 3.05) is 6.54 Å². The summed E-state index contributed by atoms with van der Waals surface area (Å²) in [6, 6.07) is -4.36. The van der Waals surface area contributed by atoms with Crippen LogP contribution in [0, 0.1) is 0 Å². The van der Waals surface area contributed by atoms with Crippen molar-refractivity contribution in [3.8, 4) is 0 Å². The maximum absolute atomic E-state index is 12.5. The summed E-state index contributed by atoms with van der Waals surface area (Å²) < 4.78 is 0. The van der Waals surface area contributed by atoms with E-state index in [2.05, 4.69) is 10.6 Å². The number of nitrogens with zero attached hydrogens (tertiary/aromatic N) is 1. The molecular weight excluding hydrogens is 348 g/mol. The van der Waals surface area contributed by atoms with Gasteiger partial charge in [-0.3, -0.25) is 24.0 Å². The molecule has 0 aromatic heterocycles. The van der Waals surface area contributed by atoms with Crippen LogP contribution in [0.5, 0.6) is 0 Å². The van der Waals surface area contributed by atoms with E-state index in [9.17, 15) is 24.0 Å². The molecule has 146 valence electrons. The number of nitrogens with one attached hydrogen (secondary N) is 2. The predicted molar refractivity (Wildman–Crippen MR) is 87.8 cm³/mol. The zero-order valence-electron chi connectivity index (χ0n) is 14.6. The van der Waals surface area contributed by atoms with Gasteiger partial charge in [0.05, 0.1) is 12.5 Å². The number of hydrogen-bond acceptors (Lipinski definition) is 6. The molecule has 26 heavy (non-hydrogen) atoms. The Morgan fingerprint density at radius 1 is 1.15 bits per heavy atom. The molecule has 1 rings (SSSR count). The van der Waals surface area contributed by atoms with Crippen LogP contribution in [0.1, 0.15) is 33.1 Å². The smallest absolute Gasteiger partial charge is 0.325 e. The van der Waals surface area contributed by atoms with Crippen LogP contribution >= 0.6 is 0 Å². The second-order valence-electron chi connectivity index (χ2n) is 6.21. The zero-order valence-corrected chi connectivity index (χ0v) is 14.6. The minimum absolute atomic E-state index is 0.338. The Morgan fingerprint density at radius 3 is 2.27 bits per heavy atom. The molecule has 1 aliphatic heterocycles. The molecule has 1 aliphatic rings. The number of rotatable bonds is 8. The monoisotopic (exact) mass is 372 g/mol. The number of aliphatic carboxylic acids is 2. The van der Waals surface area contributed by atoms with Gasteiger partial charge >= 0.3 is 11.9 Å². The Labute approximate surface area is 149 Å². The van der Waals surface area contributed by atoms with E-state index in [4.69, 9.17) is 15.9 Å². The number of carbonyl (C=O) groups is 5. The lowest BCUT2D eigenvalue weighted by Crippen LogP contribution is -2.56. The van der Waals surface area contributed by atoms with Gasteiger partial charge in [-0.05, 0) is 26.7 Å². The number of nitrogens with two attached hydrogens (primary N) is 1. The first-order valence-electron chi connectivity index (χ1n) is 8.16. The second kappa shape index (κ2) is 9.13. The molecule has 0 saturated carbocycles. The van der Waals surface area contributed by atoms with Crippen LogP contribution in [0.4, 0.5) is 0 Å². The third kappa shape index (κ3) is 5.69. The fraction of sp³-hybridized carbons (Fsp3) is 0.667. The van der Waals surface area contributed by atoms with Crippen molar-refractivity contribution in [1.82, 2.24) is 15.5 Å². The number of carboxylic acid groups (broad SMARTS) is 2. The second-order valence-corrected chi connectivity index (χ2v) is 6.21. The van der Waals surface area contributed by atoms with Gasteiger partial charge in [0, 0.05) is 6.54 Å². The van der Waals surface area contributed by atoms with E-state index >= 15 is 0 Å². The number of carbonyl (C=O) groups excluding carboxylic acids is 3. The van der Waals surface area contributed by atoms with Crippen LogP contribution < -0.4 is 16.4 Å². The molecule has 0 aromatic rings. The Morgan fingerprint density at radius 2 is 1.77 bits per heavy atom. The normalized spacial score (nSPS) is 20.0. The molecule has 11 nitrogen and oxygen atoms in total. The van der Waals surface area contributed by atoms with Gasteiger partial charge < -0.3 is 31.5 Å². The van der Waals surface area contributed by atoms with Crippen molar-refractivity contribution in [3.63, 3.8) is 0 Å². The van der Waals surface area contributed by atoms with E-state index in [0.717, 1.165) is 0 Å². The van der Waals surface area contributed by atoms with Crippen molar-refractivity contribution in [2.45, 2.75) is 57.3 Å². The number of carboxylic acids is 2. The summed E-state index contributed by atoms with van der Waals surface area (Å²) in [4.78, 5) is 59.7. The van der Waals surface area contributed by atoms with Gasteiger partial charge in [0.1, 0.15) is 18.1 Å². The van der Waals surface area contributed by atoms with E-state index in [1.165, 1.54) is 18.7 Å². The third-order valence-corrected chi connectivity index (χ3v) is 3.97. The Bertz CT molecular complexity index is 593. The van der Waals surface area contributed by atoms with Crippen LogP contribution in [0.2, 0.25) is 0 Å². The van der Waals surface area contributed by atoms with Gasteiger partial charge in [0.2, 0.25) is 17.7 Å². The lowest BCUT2D eigenvalue weighted by molar-refractivity contribution is -0.144. The Kier molecular flexibility index (Phi) is 7.50. The quantitative estimate of drug-likeness (QED) is 0.320. The highest BCUT2D eigenvalue weighted by Gasteiger charge is 2.37. The van der Waals surface area contributed by atoms with Crippen LogP contribution in [-0.2, 0) is 24.0 Å². The summed E-state index contributed by atoms with van der Waals surface area (Å²) in [5, 5.41) is 22.2. The van der Waals surface area contributed by atoms with E-state index in [1.54, 1.807) is 0 Å². The van der Waals surface area contributed by atoms with Gasteiger partial charge in [0.15, 0.2) is 0 Å². The maximum Gasteiger partial charge on any atom is 0.325 e. The van der Waals surface area contributed by atoms with Crippen molar-refractivity contribution < 1.29 is 34.2 Å². The highest BCUT2D eigenvalue weighted by molar-refractivity contribution is 5.95. The summed E-state index contributed by atoms with van der Waals surface area (Å²) in [7, 11) is 0. The minimum Gasteiger partial charge on any atom is -0.481 e. The predicted octanol–water partition coefficient (Wildman–Crippen LogP) is -2.13. The van der Waals surface area contributed by atoms with Crippen molar-refractivity contribution in [3.05, 3.63) is 0 Å². The SMILES string of the molecule is CC(N)C(=O)N1CCCC1C(=O)NC(CC(=O)O)C(=O)NC(C)C(=O)O. The lowest BCUT2D eigenvalue weighted by atomic mass is 10.1. The van der Waals surface area contributed by atoms with E-state index in [0.29, 0.717) is 19.4 Å². The summed E-state index contributed by atoms with van der Waals surface area (Å²) in [5.74, 6) is -4.67. The Hall–Kier alpha value is -2.69. The average molecular weight is 372 g/mol. The highest BCUT2D eigenvalue weighted by Crippen LogP contribution is 2.18. The summed E-state index contributed by atoms with van der Waals surface area (Å²) in [6.07, 6.45) is 0.206. The molecule has 0 bridgehead atoms. The summed E-state index contributed by atoms with van der Waals surface area (Å²) >= 11 is 0. The van der Waals surface area contributed by atoms with Crippen LogP contribution in [0.25, 0.3) is 0 Å². The maximum atomic E-state index is 12.5. The molecular formula is C15H24N4O7. The molecule has 0 aliphatic carbocycles. The van der Waals surface area contributed by atoms with Gasteiger partial charge in [-0.2, -0.15) is 0 Å². The van der Waals surface area contributed by atoms with E-state index in [1.807, 2.05) is 0 Å². The summed E-state index contributed by atoms with van der Waals surface area (Å²) in [6.45, 7) is 3.04. The third-order valence-electron chi connectivity index (χ3n) is 3.97. The van der Waals surface area contributed by atoms with Crippen molar-refractivity contribution >= 4 is 29.7 Å². The number of hydrogen-bond donors (Lipinski definition) is 5. The van der Waals surface area contributed by atoms with Gasteiger partial charge in [-0.15, -0.1) is 0 Å². The molecule has 0 radical (unpaired) electrons. The first-order valence-corrected chi connectivity index (χ1v) is 8.16. The van der Waals surface area contributed by atoms with Gasteiger partial charge in [-0.1, -0.05) is 0 Å². The molecule has 3 amide bonds. The minimum atomic E-state index is -1.46. The lowest BCUT2D eigenvalue weighted by Gasteiger charge is -2.27. The fourth-order valence-electron chi connectivity index (χ4n) is 2.59. The van der Waals surface area contributed by atoms with Crippen LogP contribution in [0.15, 0.2) is 0 Å². The molecule has 1 heterocycles. The van der Waals surface area contributed by atoms with Crippen molar-refractivity contribution in [2.24, 2.45) is 5.73 Å². The number of amides is 3. The molecule has 11 heteroatoms. The topological polar surface area (TPSA) is 179 Å². The first kappa shape index (κ1) is 21.4. The average Bonchev–Trinajstić information content (AvgIpc) is 3.02. The molecule has 1 saturated heterocycles. The van der Waals surface area contributed by atoms with Gasteiger partial charge in [-0.25, -0.2) is 0 Å². The van der Waals surface area contributed by atoms with Crippen molar-refractivity contribution in [1.29, 1.82) is 0 Å². The molecule has 4 unspecified atom stereocenters. The Balaban J connectivity index is 2.84. The van der Waals surface area contributed by atoms with E-state index in [-0.39, 0.29) is 0 Å². The standard InChI is InChI=1S/C15H24N4O7/c1-7(16)14(24)19-5-3-4-10(19)13(23)18-9(6-11(20)21)12(22)17-8(2)15(25)26/h7-10H,3-6,16H2,1-2H3,(H,17,22)(H,18,23)(H,20,21)(H,25,26). The first-order chi connectivity index (χ1) is 12.0. The molecule has 0 spiro atoms. The van der Waals surface area contributed by atoms with Crippen LogP contribution in [0.3, 0.4) is 0 Å². The molecule has 0 aromatic carbocycles. The molecule has 6 N–H and O–H groups in total. The fourth-order valence-corrected chi connectivity index (χ4v) is 2.59. The largest absolute Gasteiger partial charge is 0.481 e.